The molecular weight excluding hydrogens is 805 g/mol. The third-order valence-corrected chi connectivity index (χ3v) is 13.0. The highest BCUT2D eigenvalue weighted by Gasteiger charge is 2.27. The molecule has 0 aliphatic carbocycles. The summed E-state index contributed by atoms with van der Waals surface area (Å²) in [5.41, 5.74) is -0.585. The fourth-order valence-electron chi connectivity index (χ4n) is 5.50. The van der Waals surface area contributed by atoms with E-state index in [4.69, 9.17) is 0 Å². The largest absolute Gasteiger partial charge is 0.350 e. The Hall–Kier alpha value is -6.48. The molecule has 12 bridgehead atoms. The van der Waals surface area contributed by atoms with Gasteiger partial charge >= 0.3 is 0 Å². The number of nitro benzene ring substituents is 4. The van der Waals surface area contributed by atoms with Crippen molar-refractivity contribution in [3.05, 3.63) is 162 Å². The van der Waals surface area contributed by atoms with E-state index in [1.807, 2.05) is 0 Å². The van der Waals surface area contributed by atoms with E-state index in [9.17, 15) is 48.9 Å². The predicted octanol–water partition coefficient (Wildman–Crippen LogP) is 10.4. The number of benzene rings is 6. The van der Waals surface area contributed by atoms with Crippen LogP contribution in [0.2, 0.25) is 0 Å². The van der Waals surface area contributed by atoms with Crippen molar-refractivity contribution in [2.45, 2.75) is 39.2 Å². The first-order valence-electron chi connectivity index (χ1n) is 15.9. The number of nitro groups is 4. The maximum absolute atomic E-state index is 13.7. The van der Waals surface area contributed by atoms with Crippen LogP contribution >= 0.6 is 35.3 Å². The lowest BCUT2D eigenvalue weighted by Gasteiger charge is -2.12. The fraction of sp³-hybridized carbons (Fsp3) is 0. The lowest BCUT2D eigenvalue weighted by Crippen LogP contribution is -2.05. The van der Waals surface area contributed by atoms with Gasteiger partial charge < -0.3 is 10.6 Å². The van der Waals surface area contributed by atoms with Crippen LogP contribution in [0, 0.1) is 40.5 Å². The van der Waals surface area contributed by atoms with Crippen LogP contribution in [-0.4, -0.2) is 28.1 Å². The third-order valence-electron chi connectivity index (χ3n) is 8.16. The van der Waals surface area contributed by atoms with Crippen LogP contribution in [0.25, 0.3) is 0 Å². The topological polar surface area (TPSA) is 231 Å². The average molecular weight is 827 g/mol. The van der Waals surface area contributed by atoms with E-state index in [1.165, 1.54) is 36.4 Å². The molecule has 16 aliphatic rings. The second-order valence-electron chi connectivity index (χ2n) is 11.8. The molecule has 6 aromatic rings. The highest BCUT2D eigenvalue weighted by atomic mass is 32.2. The van der Waals surface area contributed by atoms with Gasteiger partial charge in [0.15, 0.2) is 0 Å². The van der Waals surface area contributed by atoms with Gasteiger partial charge in [0.2, 0.25) is 9.84 Å². The molecule has 56 heavy (non-hydrogen) atoms. The summed E-state index contributed by atoms with van der Waals surface area (Å²) in [7, 11) is -4.47. The van der Waals surface area contributed by atoms with E-state index in [0.29, 0.717) is 35.9 Å². The zero-order chi connectivity index (χ0) is 39.7. The fourth-order valence-corrected chi connectivity index (χ4v) is 9.49. The molecular formula is C36H22N6O10S4. The van der Waals surface area contributed by atoms with Crippen molar-refractivity contribution in [1.29, 1.82) is 0 Å². The van der Waals surface area contributed by atoms with E-state index in [2.05, 4.69) is 10.6 Å². The number of nitrogens with one attached hydrogen (secondary N) is 2. The Labute approximate surface area is 328 Å². The summed E-state index contributed by atoms with van der Waals surface area (Å²) in [4.78, 5) is 47.6. The number of nitrogens with zero attached hydrogens (tertiary/aromatic N) is 4. The molecule has 0 aromatic heterocycles. The Morgan fingerprint density at radius 2 is 0.768 bits per heavy atom. The second kappa shape index (κ2) is 15.3. The van der Waals surface area contributed by atoms with Crippen LogP contribution in [-0.2, 0) is 9.84 Å². The lowest BCUT2D eigenvalue weighted by molar-refractivity contribution is -0.388. The molecule has 0 unspecified atom stereocenters. The first-order valence-corrected chi connectivity index (χ1v) is 19.8. The molecule has 280 valence electrons. The smallest absolute Gasteiger partial charge is 0.293 e. The van der Waals surface area contributed by atoms with Gasteiger partial charge in [-0.05, 0) is 97.1 Å². The molecule has 0 atom stereocenters. The minimum absolute atomic E-state index is 0.0415. The van der Waals surface area contributed by atoms with Crippen molar-refractivity contribution < 1.29 is 28.1 Å². The Morgan fingerprint density at radius 1 is 0.411 bits per heavy atom. The van der Waals surface area contributed by atoms with Crippen LogP contribution in [0.5, 0.6) is 0 Å². The van der Waals surface area contributed by atoms with Gasteiger partial charge in [0.25, 0.3) is 22.7 Å². The van der Waals surface area contributed by atoms with Crippen molar-refractivity contribution in [3.63, 3.8) is 0 Å². The van der Waals surface area contributed by atoms with Gasteiger partial charge in [0.05, 0.1) is 39.3 Å². The molecule has 0 saturated heterocycles. The van der Waals surface area contributed by atoms with Gasteiger partial charge in [-0.1, -0.05) is 35.3 Å². The zero-order valence-electron chi connectivity index (χ0n) is 28.1. The van der Waals surface area contributed by atoms with Crippen LogP contribution in [0.4, 0.5) is 45.5 Å². The van der Waals surface area contributed by atoms with Gasteiger partial charge in [0.1, 0.15) is 11.4 Å². The molecule has 20 heteroatoms. The first kappa shape index (κ1) is 37.8. The Bertz CT molecular complexity index is 2540. The van der Waals surface area contributed by atoms with Crippen LogP contribution < -0.4 is 10.6 Å². The molecule has 16 nitrogen and oxygen atoms in total. The van der Waals surface area contributed by atoms with Crippen molar-refractivity contribution in [2.24, 2.45) is 0 Å². The molecule has 16 heterocycles. The molecule has 0 saturated carbocycles. The monoisotopic (exact) mass is 826 g/mol. The summed E-state index contributed by atoms with van der Waals surface area (Å²) in [6, 6.07) is 28.6. The maximum Gasteiger partial charge on any atom is 0.293 e. The predicted molar refractivity (Wildman–Crippen MR) is 210 cm³/mol. The SMILES string of the molecule is O=[N+]([O-])c1cc2ccc1Nc1ccc(cc1)Nc1ccc(cc1[N+](=O)[O-])S(=O)(=O)c1ccc(c([N+](=O)[O-])c1)Sc1ccc(cc1)Sc1ccc(cc1[N+](=O)[O-])S2. The number of hydrogen-bond acceptors (Lipinski definition) is 15. The molecule has 6 aromatic carbocycles. The van der Waals surface area contributed by atoms with Gasteiger partial charge in [-0.2, -0.15) is 0 Å². The first-order chi connectivity index (χ1) is 26.7. The highest BCUT2D eigenvalue weighted by Crippen LogP contribution is 2.43. The zero-order valence-corrected chi connectivity index (χ0v) is 31.3. The molecule has 0 radical (unpaired) electrons. The highest BCUT2D eigenvalue weighted by molar-refractivity contribution is 8.00. The molecule has 16 aliphatic heterocycles. The number of anilines is 4. The summed E-state index contributed by atoms with van der Waals surface area (Å²) >= 11 is 3.23. The maximum atomic E-state index is 13.7. The van der Waals surface area contributed by atoms with Crippen molar-refractivity contribution >= 4 is 90.6 Å². The second-order valence-corrected chi connectivity index (χ2v) is 17.1. The third kappa shape index (κ3) is 7.98. The summed E-state index contributed by atoms with van der Waals surface area (Å²) in [6.45, 7) is 0. The van der Waals surface area contributed by atoms with E-state index >= 15 is 0 Å². The Morgan fingerprint density at radius 3 is 1.27 bits per heavy atom. The van der Waals surface area contributed by atoms with Crippen LogP contribution in [0.1, 0.15) is 0 Å². The van der Waals surface area contributed by atoms with E-state index in [1.54, 1.807) is 66.7 Å². The molecule has 2 N–H and O–H groups in total. The number of rotatable bonds is 4. The summed E-state index contributed by atoms with van der Waals surface area (Å²) in [5, 5.41) is 54.3. The van der Waals surface area contributed by atoms with Gasteiger partial charge in [-0.15, -0.1) is 0 Å². The normalized spacial score (nSPS) is 13.2. The van der Waals surface area contributed by atoms with Crippen molar-refractivity contribution in [3.8, 4) is 0 Å². The Kier molecular flexibility index (Phi) is 10.4. The molecule has 0 amide bonds. The van der Waals surface area contributed by atoms with E-state index in [0.717, 1.165) is 53.5 Å². The Balaban J connectivity index is 1.31. The van der Waals surface area contributed by atoms with Crippen LogP contribution in [0.15, 0.2) is 160 Å². The van der Waals surface area contributed by atoms with Crippen molar-refractivity contribution in [1.82, 2.24) is 0 Å². The standard InChI is InChI=1S/C36H22N6O10S4/c43-39(44)31-17-25-9-13-29(31)37-21-1-3-22(4-2-21)38-30-14-11-27(19-32(30)40(45)46)56(51,52)28-12-16-36(34(20-28)42(49)50)55-24-7-5-23(6-8-24)54-35-15-10-26(53-25)18-33(35)41(47)48/h1-20,37-38H. The molecule has 0 spiro atoms. The number of sulfone groups is 1. The number of hydrogen-bond donors (Lipinski definition) is 2. The van der Waals surface area contributed by atoms with E-state index in [-0.39, 0.29) is 27.6 Å². The van der Waals surface area contributed by atoms with Crippen LogP contribution in [0.3, 0.4) is 0 Å². The minimum atomic E-state index is -4.47. The summed E-state index contributed by atoms with van der Waals surface area (Å²) < 4.78 is 27.4. The van der Waals surface area contributed by atoms with Crippen molar-refractivity contribution in [2.75, 3.05) is 10.6 Å². The van der Waals surface area contributed by atoms with Gasteiger partial charge in [0, 0.05) is 55.2 Å². The molecule has 0 fully saturated rings. The lowest BCUT2D eigenvalue weighted by atomic mass is 10.2. The minimum Gasteiger partial charge on any atom is -0.350 e. The summed E-state index contributed by atoms with van der Waals surface area (Å²) in [5.74, 6) is 0. The van der Waals surface area contributed by atoms with Gasteiger partial charge in [-0.3, -0.25) is 40.5 Å². The quantitative estimate of drug-likeness (QED) is 0.124. The average Bonchev–Trinajstić information content (AvgIpc) is 3.17. The van der Waals surface area contributed by atoms with E-state index < -0.39 is 50.7 Å². The summed E-state index contributed by atoms with van der Waals surface area (Å²) in [6.07, 6.45) is 0. The molecule has 22 rings (SSSR count). The van der Waals surface area contributed by atoms with Gasteiger partial charge in [-0.25, -0.2) is 8.42 Å².